The topological polar surface area (TPSA) is 74.3 Å². The smallest absolute Gasteiger partial charge is 0.411 e. The Kier molecular flexibility index (Phi) is 7.12. The van der Waals surface area contributed by atoms with Crippen molar-refractivity contribution in [2.24, 2.45) is 0 Å². The summed E-state index contributed by atoms with van der Waals surface area (Å²) in [5, 5.41) is 0. The fourth-order valence-electron chi connectivity index (χ4n) is 6.89. The highest BCUT2D eigenvalue weighted by Crippen LogP contribution is 2.62. The van der Waals surface area contributed by atoms with Gasteiger partial charge in [-0.05, 0) is 50.3 Å². The highest BCUT2D eigenvalue weighted by Gasteiger charge is 2.68. The quantitative estimate of drug-likeness (QED) is 0.449. The van der Waals surface area contributed by atoms with Gasteiger partial charge in [0.25, 0.3) is 0 Å². The first-order chi connectivity index (χ1) is 17.8. The van der Waals surface area contributed by atoms with Crippen LogP contribution in [0.2, 0.25) is 0 Å². The van der Waals surface area contributed by atoms with Crippen LogP contribution in [0.5, 0.6) is 11.5 Å². The molecule has 2 aromatic carbocycles. The minimum atomic E-state index is -0.749. The maximum atomic E-state index is 13.2. The van der Waals surface area contributed by atoms with Gasteiger partial charge in [0.15, 0.2) is 17.1 Å². The number of likely N-dealkylation sites (tertiary alicyclic amines) is 1. The lowest BCUT2D eigenvalue weighted by atomic mass is 9.49. The average Bonchev–Trinajstić information content (AvgIpc) is 2.87. The van der Waals surface area contributed by atoms with Gasteiger partial charge in [-0.1, -0.05) is 48.0 Å². The largest absolute Gasteiger partial charge is 0.493 e. The molecule has 2 bridgehead atoms. The van der Waals surface area contributed by atoms with Gasteiger partial charge >= 0.3 is 6.09 Å². The maximum Gasteiger partial charge on any atom is 0.411 e. The summed E-state index contributed by atoms with van der Waals surface area (Å²) in [7, 11) is 1.65. The summed E-state index contributed by atoms with van der Waals surface area (Å²) in [6.07, 6.45) is 1.94. The summed E-state index contributed by atoms with van der Waals surface area (Å²) in [5.74, 6) is 1.49. The summed E-state index contributed by atoms with van der Waals surface area (Å²) in [6, 6.07) is 13.7. The number of carbonyl (C=O) groups is 2. The highest BCUT2D eigenvalue weighted by atomic mass is 35.5. The minimum absolute atomic E-state index is 0.199. The van der Waals surface area contributed by atoms with Crippen LogP contribution < -0.4 is 9.47 Å². The maximum absolute atomic E-state index is 13.2. The summed E-state index contributed by atoms with van der Waals surface area (Å²) < 4.78 is 24.4. The number of halogens is 1. The number of fused-ring (bicyclic) bond motifs is 1. The van der Waals surface area contributed by atoms with Gasteiger partial charge in [0.2, 0.25) is 0 Å². The third-order valence-corrected chi connectivity index (χ3v) is 8.31. The van der Waals surface area contributed by atoms with E-state index in [1.54, 1.807) is 18.9 Å². The van der Waals surface area contributed by atoms with Gasteiger partial charge in [-0.2, -0.15) is 0 Å². The molecule has 5 rings (SSSR count). The number of ether oxygens (including phenoxy) is 4. The molecular formula is C29H34ClNO6. The minimum Gasteiger partial charge on any atom is -0.493 e. The zero-order valence-electron chi connectivity index (χ0n) is 21.6. The predicted octanol–water partition coefficient (Wildman–Crippen LogP) is 5.39. The second kappa shape index (κ2) is 10.2. The van der Waals surface area contributed by atoms with Crippen molar-refractivity contribution < 1.29 is 28.5 Å². The molecule has 1 saturated carbocycles. The van der Waals surface area contributed by atoms with E-state index in [4.69, 9.17) is 30.5 Å². The zero-order valence-corrected chi connectivity index (χ0v) is 22.4. The number of benzene rings is 2. The molecule has 4 atom stereocenters. The standard InChI is InChI=1S/C29H34ClNO6/c1-4-36-29-13-12-22(32)17-28(29)14-15-31(27(33)37-19(2)30)24(29)16-21-10-11-23(26(34-3)25(21)28)35-18-20-8-6-5-7-9-20/h5-11,19,24H,4,12-18H2,1-3H3/t19?,24-,28-,29+/m0/s1. The first-order valence-electron chi connectivity index (χ1n) is 13.0. The molecule has 0 spiro atoms. The number of hydrogen-bond acceptors (Lipinski definition) is 6. The van der Waals surface area contributed by atoms with E-state index < -0.39 is 22.7 Å². The summed E-state index contributed by atoms with van der Waals surface area (Å²) in [6.45, 7) is 4.89. The fraction of sp³-hybridized carbons (Fsp3) is 0.517. The van der Waals surface area contributed by atoms with Gasteiger partial charge in [0.05, 0.1) is 18.8 Å². The molecule has 2 fully saturated rings. The molecule has 0 N–H and O–H groups in total. The second-order valence-corrected chi connectivity index (χ2v) is 10.7. The molecule has 1 saturated heterocycles. The van der Waals surface area contributed by atoms with Gasteiger partial charge in [-0.25, -0.2) is 4.79 Å². The van der Waals surface area contributed by atoms with Crippen molar-refractivity contribution in [3.8, 4) is 11.5 Å². The Labute approximate surface area is 223 Å². The Balaban J connectivity index is 1.63. The molecule has 0 aromatic heterocycles. The molecule has 1 unspecified atom stereocenters. The fourth-order valence-corrected chi connectivity index (χ4v) is 6.97. The Morgan fingerprint density at radius 1 is 1.19 bits per heavy atom. The SMILES string of the molecule is CCO[C@@]12CCC(=O)C[C@]13CCN(C(=O)OC(C)Cl)[C@H]2Cc1ccc(OCc2ccccc2)c(OC)c13. The number of methoxy groups -OCH3 is 1. The summed E-state index contributed by atoms with van der Waals surface area (Å²) in [4.78, 5) is 28.0. The molecule has 2 aliphatic carbocycles. The molecule has 7 nitrogen and oxygen atoms in total. The van der Waals surface area contributed by atoms with Gasteiger partial charge < -0.3 is 23.8 Å². The molecule has 37 heavy (non-hydrogen) atoms. The van der Waals surface area contributed by atoms with Gasteiger partial charge in [0.1, 0.15) is 12.4 Å². The van der Waals surface area contributed by atoms with E-state index in [9.17, 15) is 9.59 Å². The van der Waals surface area contributed by atoms with E-state index in [1.165, 1.54) is 0 Å². The predicted molar refractivity (Wildman–Crippen MR) is 139 cm³/mol. The van der Waals surface area contributed by atoms with Crippen molar-refractivity contribution in [2.45, 2.75) is 75.2 Å². The normalized spacial score (nSPS) is 27.1. The Morgan fingerprint density at radius 3 is 2.68 bits per heavy atom. The number of alkyl halides is 1. The summed E-state index contributed by atoms with van der Waals surface area (Å²) >= 11 is 6.01. The number of nitrogens with zero attached hydrogens (tertiary/aromatic N) is 1. The van der Waals surface area contributed by atoms with Crippen molar-refractivity contribution in [2.75, 3.05) is 20.3 Å². The number of rotatable bonds is 7. The highest BCUT2D eigenvalue weighted by molar-refractivity contribution is 6.19. The first kappa shape index (κ1) is 25.9. The second-order valence-electron chi connectivity index (χ2n) is 10.1. The molecular weight excluding hydrogens is 494 g/mol. The lowest BCUT2D eigenvalue weighted by Gasteiger charge is -2.64. The third kappa shape index (κ3) is 4.26. The van der Waals surface area contributed by atoms with Gasteiger partial charge in [-0.3, -0.25) is 4.79 Å². The van der Waals surface area contributed by atoms with Crippen LogP contribution in [0, 0.1) is 0 Å². The van der Waals surface area contributed by atoms with Crippen molar-refractivity contribution in [1.29, 1.82) is 0 Å². The van der Waals surface area contributed by atoms with Crippen molar-refractivity contribution in [3.63, 3.8) is 0 Å². The van der Waals surface area contributed by atoms with E-state index in [0.29, 0.717) is 63.4 Å². The molecule has 1 amide bonds. The Hall–Kier alpha value is -2.77. The number of hydrogen-bond donors (Lipinski definition) is 0. The van der Waals surface area contributed by atoms with Crippen molar-refractivity contribution in [1.82, 2.24) is 4.90 Å². The monoisotopic (exact) mass is 527 g/mol. The molecule has 3 aliphatic rings. The number of amides is 1. The van der Waals surface area contributed by atoms with Crippen LogP contribution in [0.25, 0.3) is 0 Å². The van der Waals surface area contributed by atoms with Crippen LogP contribution in [-0.2, 0) is 32.7 Å². The van der Waals surface area contributed by atoms with E-state index in [1.807, 2.05) is 49.4 Å². The van der Waals surface area contributed by atoms with E-state index >= 15 is 0 Å². The lowest BCUT2D eigenvalue weighted by Crippen LogP contribution is -2.75. The lowest BCUT2D eigenvalue weighted by molar-refractivity contribution is -0.193. The van der Waals surface area contributed by atoms with Crippen molar-refractivity contribution in [3.05, 3.63) is 59.2 Å². The molecule has 0 radical (unpaired) electrons. The van der Waals surface area contributed by atoms with Crippen LogP contribution >= 0.6 is 11.6 Å². The first-order valence-corrected chi connectivity index (χ1v) is 13.4. The Morgan fingerprint density at radius 2 is 1.97 bits per heavy atom. The van der Waals surface area contributed by atoms with E-state index in [0.717, 1.165) is 16.7 Å². The van der Waals surface area contributed by atoms with Crippen LogP contribution in [0.1, 0.15) is 56.2 Å². The number of carbonyl (C=O) groups excluding carboxylic acids is 2. The van der Waals surface area contributed by atoms with Crippen LogP contribution in [0.4, 0.5) is 4.79 Å². The summed E-state index contributed by atoms with van der Waals surface area (Å²) in [5.41, 5.74) is 0.943. The molecule has 8 heteroatoms. The van der Waals surface area contributed by atoms with Crippen LogP contribution in [-0.4, -0.2) is 54.2 Å². The van der Waals surface area contributed by atoms with Crippen LogP contribution in [0.15, 0.2) is 42.5 Å². The Bertz CT molecular complexity index is 1170. The molecule has 1 aliphatic heterocycles. The van der Waals surface area contributed by atoms with Crippen molar-refractivity contribution >= 4 is 23.5 Å². The number of ketones is 1. The number of piperidine rings is 1. The van der Waals surface area contributed by atoms with Crippen LogP contribution in [0.3, 0.4) is 0 Å². The van der Waals surface area contributed by atoms with E-state index in [-0.39, 0.29) is 11.8 Å². The zero-order chi connectivity index (χ0) is 26.2. The van der Waals surface area contributed by atoms with Gasteiger partial charge in [-0.15, -0.1) is 0 Å². The molecule has 2 aromatic rings. The van der Waals surface area contributed by atoms with Gasteiger partial charge in [0, 0.05) is 37.0 Å². The average molecular weight is 528 g/mol. The molecule has 198 valence electrons. The molecule has 1 heterocycles. The third-order valence-electron chi connectivity index (χ3n) is 8.22. The number of Topliss-reactive ketones (excluding diaryl/α,β-unsaturated/α-hetero) is 1. The van der Waals surface area contributed by atoms with E-state index in [2.05, 4.69) is 0 Å².